The molecular formula is C22H23N3. The highest BCUT2D eigenvalue weighted by Gasteiger charge is 2.33. The van der Waals surface area contributed by atoms with Gasteiger partial charge in [0.25, 0.3) is 0 Å². The standard InChI is InChI=1S/C22H23N3/c1-16(17-8-10-23-11-9-17)14-25-21-7-3-2-6-19(21)20-15-24-12-4-5-18(24)13-22(20)25/h2-3,6-11,14,18H,4-5,12-13,15H2,1H3. The Labute approximate surface area is 148 Å². The molecule has 25 heavy (non-hydrogen) atoms. The summed E-state index contributed by atoms with van der Waals surface area (Å²) in [4.78, 5) is 6.82. The van der Waals surface area contributed by atoms with Crippen LogP contribution in [0.2, 0.25) is 0 Å². The van der Waals surface area contributed by atoms with Crippen molar-refractivity contribution < 1.29 is 0 Å². The van der Waals surface area contributed by atoms with E-state index in [1.54, 1.807) is 0 Å². The Morgan fingerprint density at radius 2 is 2.00 bits per heavy atom. The summed E-state index contributed by atoms with van der Waals surface area (Å²) in [5.41, 5.74) is 6.90. The third-order valence-corrected chi connectivity index (χ3v) is 5.88. The molecule has 2 aromatic heterocycles. The van der Waals surface area contributed by atoms with Crippen LogP contribution in [0.3, 0.4) is 0 Å². The van der Waals surface area contributed by atoms with E-state index < -0.39 is 0 Å². The van der Waals surface area contributed by atoms with Crippen molar-refractivity contribution in [2.75, 3.05) is 6.54 Å². The molecule has 0 spiro atoms. The van der Waals surface area contributed by atoms with E-state index in [-0.39, 0.29) is 0 Å². The molecule has 2 aliphatic rings. The Morgan fingerprint density at radius 3 is 2.88 bits per heavy atom. The van der Waals surface area contributed by atoms with E-state index >= 15 is 0 Å². The second-order valence-electron chi connectivity index (χ2n) is 7.33. The Kier molecular flexibility index (Phi) is 3.49. The van der Waals surface area contributed by atoms with Crippen molar-refractivity contribution in [3.63, 3.8) is 0 Å². The molecule has 1 atom stereocenters. The first-order valence-electron chi connectivity index (χ1n) is 9.25. The topological polar surface area (TPSA) is 21.1 Å². The molecule has 0 saturated carbocycles. The molecule has 1 aromatic carbocycles. The highest BCUT2D eigenvalue weighted by Crippen LogP contribution is 2.37. The summed E-state index contributed by atoms with van der Waals surface area (Å²) in [6.07, 6.45) is 9.91. The fraction of sp³-hybridized carbons (Fsp3) is 0.318. The zero-order chi connectivity index (χ0) is 16.8. The van der Waals surface area contributed by atoms with Crippen molar-refractivity contribution in [2.24, 2.45) is 0 Å². The van der Waals surface area contributed by atoms with Crippen molar-refractivity contribution in [3.05, 3.63) is 65.6 Å². The number of hydrogen-bond acceptors (Lipinski definition) is 2. The van der Waals surface area contributed by atoms with Crippen LogP contribution in [0, 0.1) is 0 Å². The maximum atomic E-state index is 4.14. The fourth-order valence-electron chi connectivity index (χ4n) is 4.57. The molecule has 5 rings (SSSR count). The SMILES string of the molecule is CC(=Cn1c2c(c3ccccc31)CN1CCCC1C2)c1ccncc1. The number of rotatable bonds is 2. The van der Waals surface area contributed by atoms with Gasteiger partial charge in [-0.25, -0.2) is 0 Å². The van der Waals surface area contributed by atoms with Gasteiger partial charge < -0.3 is 4.57 Å². The van der Waals surface area contributed by atoms with E-state index in [2.05, 4.69) is 64.0 Å². The zero-order valence-electron chi connectivity index (χ0n) is 14.7. The van der Waals surface area contributed by atoms with Crippen LogP contribution in [-0.2, 0) is 13.0 Å². The summed E-state index contributed by atoms with van der Waals surface area (Å²) >= 11 is 0. The molecule has 4 heterocycles. The van der Waals surface area contributed by atoms with Crippen LogP contribution in [0.15, 0.2) is 48.8 Å². The number of benzene rings is 1. The second kappa shape index (κ2) is 5.85. The Hall–Kier alpha value is -2.39. The third-order valence-electron chi connectivity index (χ3n) is 5.88. The number of fused-ring (bicyclic) bond motifs is 4. The van der Waals surface area contributed by atoms with E-state index in [0.29, 0.717) is 0 Å². The van der Waals surface area contributed by atoms with E-state index in [0.717, 1.165) is 12.6 Å². The van der Waals surface area contributed by atoms with Crippen molar-refractivity contribution in [3.8, 4) is 0 Å². The van der Waals surface area contributed by atoms with E-state index in [9.17, 15) is 0 Å². The van der Waals surface area contributed by atoms with Crippen molar-refractivity contribution >= 4 is 22.7 Å². The van der Waals surface area contributed by atoms with Gasteiger partial charge in [-0.1, -0.05) is 18.2 Å². The Bertz CT molecular complexity index is 952. The molecule has 3 nitrogen and oxygen atoms in total. The Balaban J connectivity index is 1.68. The van der Waals surface area contributed by atoms with Gasteiger partial charge in [-0.2, -0.15) is 0 Å². The van der Waals surface area contributed by atoms with Gasteiger partial charge in [-0.15, -0.1) is 0 Å². The van der Waals surface area contributed by atoms with E-state index in [1.807, 2.05) is 12.4 Å². The molecule has 1 saturated heterocycles. The van der Waals surface area contributed by atoms with Gasteiger partial charge >= 0.3 is 0 Å². The normalized spacial score (nSPS) is 20.7. The van der Waals surface area contributed by atoms with Crippen molar-refractivity contribution in [2.45, 2.75) is 38.8 Å². The van der Waals surface area contributed by atoms with Crippen LogP contribution in [0.4, 0.5) is 0 Å². The lowest BCUT2D eigenvalue weighted by atomic mass is 9.99. The summed E-state index contributed by atoms with van der Waals surface area (Å²) in [6, 6.07) is 13.8. The van der Waals surface area contributed by atoms with Gasteiger partial charge in [0.1, 0.15) is 0 Å². The molecule has 3 aromatic rings. The zero-order valence-corrected chi connectivity index (χ0v) is 14.7. The minimum atomic E-state index is 0.727. The molecule has 1 fully saturated rings. The lowest BCUT2D eigenvalue weighted by Gasteiger charge is -2.30. The second-order valence-corrected chi connectivity index (χ2v) is 7.33. The third kappa shape index (κ3) is 2.42. The van der Waals surface area contributed by atoms with Crippen LogP contribution >= 0.6 is 0 Å². The summed E-state index contributed by atoms with van der Waals surface area (Å²) in [5.74, 6) is 0. The number of aromatic nitrogens is 2. The molecule has 1 unspecified atom stereocenters. The number of nitrogens with zero attached hydrogens (tertiary/aromatic N) is 3. The van der Waals surface area contributed by atoms with E-state index in [1.165, 1.54) is 59.1 Å². The predicted molar refractivity (Wildman–Crippen MR) is 103 cm³/mol. The van der Waals surface area contributed by atoms with Crippen LogP contribution < -0.4 is 0 Å². The molecule has 0 bridgehead atoms. The van der Waals surface area contributed by atoms with Crippen molar-refractivity contribution in [1.29, 1.82) is 0 Å². The molecule has 0 radical (unpaired) electrons. The average Bonchev–Trinajstić information content (AvgIpc) is 3.24. The molecule has 2 aliphatic heterocycles. The first kappa shape index (κ1) is 14.9. The average molecular weight is 329 g/mol. The molecule has 0 N–H and O–H groups in total. The summed E-state index contributed by atoms with van der Waals surface area (Å²) in [5, 5.41) is 1.42. The van der Waals surface area contributed by atoms with Crippen molar-refractivity contribution in [1.82, 2.24) is 14.5 Å². The summed E-state index contributed by atoms with van der Waals surface area (Å²) in [6.45, 7) is 4.56. The predicted octanol–water partition coefficient (Wildman–Crippen LogP) is 4.57. The number of para-hydroxylation sites is 1. The van der Waals surface area contributed by atoms with Gasteiger partial charge in [0.05, 0.1) is 5.52 Å². The van der Waals surface area contributed by atoms with Gasteiger partial charge in [-0.05, 0) is 61.2 Å². The van der Waals surface area contributed by atoms with Gasteiger partial charge in [0.2, 0.25) is 0 Å². The quantitative estimate of drug-likeness (QED) is 0.686. The first-order valence-corrected chi connectivity index (χ1v) is 9.25. The molecule has 0 aliphatic carbocycles. The lowest BCUT2D eigenvalue weighted by molar-refractivity contribution is 0.226. The highest BCUT2D eigenvalue weighted by molar-refractivity contribution is 5.90. The number of allylic oxidation sites excluding steroid dienone is 1. The highest BCUT2D eigenvalue weighted by atomic mass is 15.2. The smallest absolute Gasteiger partial charge is 0.0528 e. The molecule has 126 valence electrons. The van der Waals surface area contributed by atoms with Gasteiger partial charge in [0.15, 0.2) is 0 Å². The minimum Gasteiger partial charge on any atom is -0.320 e. The minimum absolute atomic E-state index is 0.727. The monoisotopic (exact) mass is 329 g/mol. The van der Waals surface area contributed by atoms with Crippen LogP contribution in [0.25, 0.3) is 22.7 Å². The molecule has 0 amide bonds. The maximum Gasteiger partial charge on any atom is 0.0528 e. The summed E-state index contributed by atoms with van der Waals surface area (Å²) < 4.78 is 2.45. The fourth-order valence-corrected chi connectivity index (χ4v) is 4.57. The van der Waals surface area contributed by atoms with Gasteiger partial charge in [-0.3, -0.25) is 9.88 Å². The van der Waals surface area contributed by atoms with Crippen LogP contribution in [0.5, 0.6) is 0 Å². The number of hydrogen-bond donors (Lipinski definition) is 0. The molecular weight excluding hydrogens is 306 g/mol. The van der Waals surface area contributed by atoms with E-state index in [4.69, 9.17) is 0 Å². The largest absolute Gasteiger partial charge is 0.320 e. The summed E-state index contributed by atoms with van der Waals surface area (Å²) in [7, 11) is 0. The maximum absolute atomic E-state index is 4.14. The lowest BCUT2D eigenvalue weighted by Crippen LogP contribution is -2.35. The Morgan fingerprint density at radius 1 is 1.16 bits per heavy atom. The van der Waals surface area contributed by atoms with Gasteiger partial charge in [0, 0.05) is 48.7 Å². The first-order chi connectivity index (χ1) is 12.3. The molecule has 3 heteroatoms. The van der Waals surface area contributed by atoms with Crippen LogP contribution in [0.1, 0.15) is 36.6 Å². The van der Waals surface area contributed by atoms with Crippen LogP contribution in [-0.4, -0.2) is 27.0 Å². The number of pyridine rings is 1.